The first-order chi connectivity index (χ1) is 15.6. The maximum Gasteiger partial charge on any atom is 0.433 e. The number of amides is 2. The molecule has 0 atom stereocenters. The van der Waals surface area contributed by atoms with Crippen LogP contribution in [0.4, 0.5) is 9.59 Å². The number of nitrogens with one attached hydrogen (secondary N) is 2. The monoisotopic (exact) mass is 438 g/mol. The molecule has 32 heavy (non-hydrogen) atoms. The number of hydrogen-bond acceptors (Lipinski definition) is 6. The van der Waals surface area contributed by atoms with Gasteiger partial charge in [0.15, 0.2) is 0 Å². The van der Waals surface area contributed by atoms with E-state index >= 15 is 0 Å². The van der Waals surface area contributed by atoms with Gasteiger partial charge in [-0.05, 0) is 37.8 Å². The minimum absolute atomic E-state index is 0.502. The molecule has 0 bridgehead atoms. The molecule has 2 aromatic rings. The SMILES string of the molecule is C/C(=N/OC(=O)NCCCCCCNC(=O)O/N=C(\C)c1ccccc1)c1ccccc1. The van der Waals surface area contributed by atoms with Crippen molar-refractivity contribution in [1.29, 1.82) is 0 Å². The van der Waals surface area contributed by atoms with Crippen LogP contribution in [0.1, 0.15) is 50.7 Å². The number of unbranched alkanes of at least 4 members (excludes halogenated alkanes) is 3. The van der Waals surface area contributed by atoms with Gasteiger partial charge in [0.2, 0.25) is 0 Å². The Balaban J connectivity index is 1.48. The van der Waals surface area contributed by atoms with E-state index in [2.05, 4.69) is 20.9 Å². The van der Waals surface area contributed by atoms with Crippen molar-refractivity contribution in [3.05, 3.63) is 71.8 Å². The fourth-order valence-electron chi connectivity index (χ4n) is 2.73. The Labute approximate surface area is 188 Å². The van der Waals surface area contributed by atoms with Gasteiger partial charge < -0.3 is 10.6 Å². The third-order valence-corrected chi connectivity index (χ3v) is 4.56. The lowest BCUT2D eigenvalue weighted by Crippen LogP contribution is -2.25. The van der Waals surface area contributed by atoms with E-state index in [1.54, 1.807) is 13.8 Å². The van der Waals surface area contributed by atoms with E-state index in [0.29, 0.717) is 24.5 Å². The number of rotatable bonds is 11. The van der Waals surface area contributed by atoms with E-state index in [4.69, 9.17) is 9.68 Å². The van der Waals surface area contributed by atoms with Gasteiger partial charge in [0.25, 0.3) is 0 Å². The lowest BCUT2D eigenvalue weighted by molar-refractivity contribution is 0.149. The van der Waals surface area contributed by atoms with E-state index in [9.17, 15) is 9.59 Å². The van der Waals surface area contributed by atoms with Gasteiger partial charge in [0.05, 0.1) is 11.4 Å². The van der Waals surface area contributed by atoms with Crippen molar-refractivity contribution in [3.63, 3.8) is 0 Å². The molecule has 0 heterocycles. The second-order valence-electron chi connectivity index (χ2n) is 7.11. The summed E-state index contributed by atoms with van der Waals surface area (Å²) < 4.78 is 0. The lowest BCUT2D eigenvalue weighted by Gasteiger charge is -2.05. The normalized spacial score (nSPS) is 11.6. The lowest BCUT2D eigenvalue weighted by atomic mass is 10.1. The molecular formula is C24H30N4O4. The van der Waals surface area contributed by atoms with Gasteiger partial charge in [-0.25, -0.2) is 9.59 Å². The zero-order valence-electron chi connectivity index (χ0n) is 18.5. The Morgan fingerprint density at radius 2 is 1.03 bits per heavy atom. The molecule has 2 aromatic carbocycles. The highest BCUT2D eigenvalue weighted by Gasteiger charge is 2.04. The quantitative estimate of drug-likeness (QED) is 0.227. The molecule has 0 saturated heterocycles. The number of carbonyl (C=O) groups is 2. The van der Waals surface area contributed by atoms with Crippen LogP contribution in [-0.4, -0.2) is 36.7 Å². The van der Waals surface area contributed by atoms with Crippen LogP contribution in [0.15, 0.2) is 71.0 Å². The fraction of sp³-hybridized carbons (Fsp3) is 0.333. The number of hydrogen-bond donors (Lipinski definition) is 2. The van der Waals surface area contributed by atoms with Gasteiger partial charge in [-0.1, -0.05) is 83.8 Å². The van der Waals surface area contributed by atoms with Gasteiger partial charge in [0, 0.05) is 13.1 Å². The molecule has 0 fully saturated rings. The van der Waals surface area contributed by atoms with Gasteiger partial charge in [-0.15, -0.1) is 0 Å². The average Bonchev–Trinajstić information content (AvgIpc) is 2.83. The minimum Gasteiger partial charge on any atom is -0.320 e. The van der Waals surface area contributed by atoms with E-state index < -0.39 is 12.2 Å². The van der Waals surface area contributed by atoms with Crippen molar-refractivity contribution in [2.24, 2.45) is 10.3 Å². The van der Waals surface area contributed by atoms with Crippen molar-refractivity contribution < 1.29 is 19.3 Å². The minimum atomic E-state index is -0.573. The van der Waals surface area contributed by atoms with Gasteiger partial charge in [-0.3, -0.25) is 9.68 Å². The maximum atomic E-state index is 11.7. The van der Waals surface area contributed by atoms with Gasteiger partial charge in [-0.2, -0.15) is 0 Å². The van der Waals surface area contributed by atoms with Crippen LogP contribution in [-0.2, 0) is 9.68 Å². The molecule has 0 saturated carbocycles. The first-order valence-corrected chi connectivity index (χ1v) is 10.7. The second-order valence-corrected chi connectivity index (χ2v) is 7.11. The molecule has 0 aliphatic heterocycles. The summed E-state index contributed by atoms with van der Waals surface area (Å²) in [7, 11) is 0. The Morgan fingerprint density at radius 3 is 1.41 bits per heavy atom. The fourth-order valence-corrected chi connectivity index (χ4v) is 2.73. The predicted octanol–water partition coefficient (Wildman–Crippen LogP) is 4.85. The van der Waals surface area contributed by atoms with Gasteiger partial charge in [0.1, 0.15) is 0 Å². The van der Waals surface area contributed by atoms with E-state index in [-0.39, 0.29) is 0 Å². The van der Waals surface area contributed by atoms with Crippen molar-refractivity contribution in [2.45, 2.75) is 39.5 Å². The molecule has 0 radical (unpaired) electrons. The highest BCUT2D eigenvalue weighted by molar-refractivity contribution is 5.99. The second kappa shape index (κ2) is 14.3. The molecular weight excluding hydrogens is 408 g/mol. The van der Waals surface area contributed by atoms with Crippen LogP contribution in [0, 0.1) is 0 Å². The van der Waals surface area contributed by atoms with Crippen LogP contribution in [0.25, 0.3) is 0 Å². The number of oxime groups is 2. The number of nitrogens with zero attached hydrogens (tertiary/aromatic N) is 2. The Bertz CT molecular complexity index is 823. The molecule has 2 amide bonds. The third kappa shape index (κ3) is 9.88. The molecule has 0 spiro atoms. The maximum absolute atomic E-state index is 11.7. The standard InChI is InChI=1S/C24H30N4O4/c1-19(21-13-7-5-8-14-21)27-31-23(29)25-17-11-3-4-12-18-26-24(30)32-28-20(2)22-15-9-6-10-16-22/h5-10,13-16H,3-4,11-12,17-18H2,1-2H3,(H,25,29)(H,26,30)/b27-19-,28-20+. The van der Waals surface area contributed by atoms with Crippen LogP contribution < -0.4 is 10.6 Å². The van der Waals surface area contributed by atoms with Crippen LogP contribution >= 0.6 is 0 Å². The van der Waals surface area contributed by atoms with E-state index in [0.717, 1.165) is 36.8 Å². The third-order valence-electron chi connectivity index (χ3n) is 4.56. The summed E-state index contributed by atoms with van der Waals surface area (Å²) in [5, 5.41) is 13.0. The molecule has 170 valence electrons. The van der Waals surface area contributed by atoms with Crippen molar-refractivity contribution in [2.75, 3.05) is 13.1 Å². The summed E-state index contributed by atoms with van der Waals surface area (Å²) in [5.74, 6) is 0. The summed E-state index contributed by atoms with van der Waals surface area (Å²) in [6.07, 6.45) is 2.29. The van der Waals surface area contributed by atoms with Crippen molar-refractivity contribution >= 4 is 23.6 Å². The summed E-state index contributed by atoms with van der Waals surface area (Å²) >= 11 is 0. The number of carbonyl (C=O) groups excluding carboxylic acids is 2. The first kappa shape index (κ1) is 24.6. The summed E-state index contributed by atoms with van der Waals surface area (Å²) in [6, 6.07) is 19.0. The topological polar surface area (TPSA) is 101 Å². The number of benzene rings is 2. The van der Waals surface area contributed by atoms with Crippen LogP contribution in [0.5, 0.6) is 0 Å². The predicted molar refractivity (Wildman–Crippen MR) is 125 cm³/mol. The molecule has 8 heteroatoms. The molecule has 0 unspecified atom stereocenters. The summed E-state index contributed by atoms with van der Waals surface area (Å²) in [6.45, 7) is 4.57. The molecule has 2 N–H and O–H groups in total. The van der Waals surface area contributed by atoms with Crippen molar-refractivity contribution in [3.8, 4) is 0 Å². The Morgan fingerprint density at radius 1 is 0.656 bits per heavy atom. The average molecular weight is 439 g/mol. The van der Waals surface area contributed by atoms with E-state index in [1.807, 2.05) is 60.7 Å². The smallest absolute Gasteiger partial charge is 0.320 e. The Kier molecular flexibility index (Phi) is 11.0. The highest BCUT2D eigenvalue weighted by Crippen LogP contribution is 2.03. The highest BCUT2D eigenvalue weighted by atomic mass is 16.7. The molecule has 8 nitrogen and oxygen atoms in total. The molecule has 0 aliphatic carbocycles. The first-order valence-electron chi connectivity index (χ1n) is 10.7. The zero-order chi connectivity index (χ0) is 23.0. The van der Waals surface area contributed by atoms with Gasteiger partial charge >= 0.3 is 12.2 Å². The van der Waals surface area contributed by atoms with Crippen molar-refractivity contribution in [1.82, 2.24) is 10.6 Å². The zero-order valence-corrected chi connectivity index (χ0v) is 18.5. The molecule has 0 aliphatic rings. The largest absolute Gasteiger partial charge is 0.433 e. The van der Waals surface area contributed by atoms with Crippen LogP contribution in [0.3, 0.4) is 0 Å². The Hall–Kier alpha value is -3.68. The van der Waals surface area contributed by atoms with Crippen LogP contribution in [0.2, 0.25) is 0 Å². The molecule has 0 aromatic heterocycles. The molecule has 2 rings (SSSR count). The van der Waals surface area contributed by atoms with E-state index in [1.165, 1.54) is 0 Å². The summed E-state index contributed by atoms with van der Waals surface area (Å²) in [4.78, 5) is 33.1. The summed E-state index contributed by atoms with van der Waals surface area (Å²) in [5.41, 5.74) is 3.06.